The number of benzene rings is 1. The minimum absolute atomic E-state index is 0.0494. The lowest BCUT2D eigenvalue weighted by Crippen LogP contribution is -2.58. The van der Waals surface area contributed by atoms with Gasteiger partial charge < -0.3 is 15.0 Å². The van der Waals surface area contributed by atoms with Crippen LogP contribution in [0.1, 0.15) is 20.3 Å². The second kappa shape index (κ2) is 5.14. The van der Waals surface area contributed by atoms with Crippen molar-refractivity contribution in [2.75, 3.05) is 31.6 Å². The molecule has 1 aromatic rings. The van der Waals surface area contributed by atoms with Crippen molar-refractivity contribution < 1.29 is 9.13 Å². The van der Waals surface area contributed by atoms with Crippen molar-refractivity contribution in [3.63, 3.8) is 0 Å². The maximum Gasteiger partial charge on any atom is 0.146 e. The van der Waals surface area contributed by atoms with E-state index < -0.39 is 0 Å². The Labute approximate surface area is 108 Å². The van der Waals surface area contributed by atoms with Gasteiger partial charge in [-0.15, -0.1) is 0 Å². The van der Waals surface area contributed by atoms with Crippen molar-refractivity contribution in [3.8, 4) is 5.75 Å². The summed E-state index contributed by atoms with van der Waals surface area (Å²) in [6, 6.07) is 4.90. The van der Waals surface area contributed by atoms with Crippen LogP contribution < -0.4 is 15.0 Å². The van der Waals surface area contributed by atoms with E-state index in [1.807, 2.05) is 0 Å². The van der Waals surface area contributed by atoms with Gasteiger partial charge in [-0.05, 0) is 25.5 Å². The van der Waals surface area contributed by atoms with Gasteiger partial charge in [0.05, 0.1) is 12.8 Å². The molecule has 0 spiro atoms. The van der Waals surface area contributed by atoms with Gasteiger partial charge >= 0.3 is 0 Å². The molecule has 1 heterocycles. The number of hydrogen-bond acceptors (Lipinski definition) is 3. The van der Waals surface area contributed by atoms with Crippen LogP contribution in [0.25, 0.3) is 0 Å². The molecule has 1 N–H and O–H groups in total. The van der Waals surface area contributed by atoms with Crippen LogP contribution in [0.2, 0.25) is 0 Å². The van der Waals surface area contributed by atoms with Gasteiger partial charge in [-0.1, -0.05) is 6.92 Å². The third-order valence-corrected chi connectivity index (χ3v) is 3.75. The maximum atomic E-state index is 13.9. The van der Waals surface area contributed by atoms with Gasteiger partial charge in [-0.3, -0.25) is 0 Å². The van der Waals surface area contributed by atoms with Crippen LogP contribution in [0.4, 0.5) is 10.1 Å². The Hall–Kier alpha value is -1.29. The molecule has 1 saturated heterocycles. The minimum atomic E-state index is -0.184. The first-order chi connectivity index (χ1) is 8.58. The molecule has 1 unspecified atom stereocenters. The zero-order chi connectivity index (χ0) is 13.2. The Balaban J connectivity index is 2.25. The molecule has 1 aliphatic heterocycles. The minimum Gasteiger partial charge on any atom is -0.497 e. The molecular weight excluding hydrogens is 231 g/mol. The second-order valence-corrected chi connectivity index (χ2v) is 5.08. The van der Waals surface area contributed by atoms with E-state index in [2.05, 4.69) is 24.1 Å². The number of piperazine rings is 1. The highest BCUT2D eigenvalue weighted by Crippen LogP contribution is 2.28. The zero-order valence-electron chi connectivity index (χ0n) is 11.3. The summed E-state index contributed by atoms with van der Waals surface area (Å²) in [6.07, 6.45) is 1.02. The maximum absolute atomic E-state index is 13.9. The average Bonchev–Trinajstić information content (AvgIpc) is 2.39. The first-order valence-corrected chi connectivity index (χ1v) is 6.41. The van der Waals surface area contributed by atoms with Crippen molar-refractivity contribution in [1.82, 2.24) is 5.32 Å². The van der Waals surface area contributed by atoms with Gasteiger partial charge in [-0.25, -0.2) is 4.39 Å². The van der Waals surface area contributed by atoms with E-state index in [1.165, 1.54) is 6.07 Å². The van der Waals surface area contributed by atoms with Crippen LogP contribution in [0.3, 0.4) is 0 Å². The summed E-state index contributed by atoms with van der Waals surface area (Å²) in [7, 11) is 1.60. The SMILES string of the molecule is CCC1(C)CN(c2cc(OC)ccc2F)CCN1. The lowest BCUT2D eigenvalue weighted by Gasteiger charge is -2.42. The summed E-state index contributed by atoms with van der Waals surface area (Å²) in [5.41, 5.74) is 0.684. The molecule has 3 nitrogen and oxygen atoms in total. The van der Waals surface area contributed by atoms with Crippen LogP contribution in [-0.2, 0) is 0 Å². The monoisotopic (exact) mass is 252 g/mol. The van der Waals surface area contributed by atoms with E-state index in [4.69, 9.17) is 4.74 Å². The second-order valence-electron chi connectivity index (χ2n) is 5.08. The van der Waals surface area contributed by atoms with E-state index in [1.54, 1.807) is 19.2 Å². The van der Waals surface area contributed by atoms with Gasteiger partial charge in [0, 0.05) is 31.2 Å². The number of rotatable bonds is 3. The molecule has 0 bridgehead atoms. The lowest BCUT2D eigenvalue weighted by molar-refractivity contribution is 0.312. The molecular formula is C14H21FN2O. The van der Waals surface area contributed by atoms with Crippen molar-refractivity contribution in [3.05, 3.63) is 24.0 Å². The average molecular weight is 252 g/mol. The Morgan fingerprint density at radius 3 is 2.94 bits per heavy atom. The molecule has 0 aliphatic carbocycles. The summed E-state index contributed by atoms with van der Waals surface area (Å²) >= 11 is 0. The van der Waals surface area contributed by atoms with E-state index >= 15 is 0 Å². The highest BCUT2D eigenvalue weighted by Gasteiger charge is 2.29. The molecule has 1 aliphatic rings. The molecule has 0 amide bonds. The van der Waals surface area contributed by atoms with Crippen molar-refractivity contribution in [1.29, 1.82) is 0 Å². The van der Waals surface area contributed by atoms with Crippen LogP contribution in [0.15, 0.2) is 18.2 Å². The smallest absolute Gasteiger partial charge is 0.146 e. The van der Waals surface area contributed by atoms with E-state index in [-0.39, 0.29) is 11.4 Å². The molecule has 0 radical (unpaired) electrons. The fourth-order valence-electron chi connectivity index (χ4n) is 2.35. The fourth-order valence-corrected chi connectivity index (χ4v) is 2.35. The Kier molecular flexibility index (Phi) is 3.76. The van der Waals surface area contributed by atoms with Crippen LogP contribution >= 0.6 is 0 Å². The number of methoxy groups -OCH3 is 1. The van der Waals surface area contributed by atoms with Gasteiger partial charge in [0.1, 0.15) is 11.6 Å². The summed E-state index contributed by atoms with van der Waals surface area (Å²) in [5.74, 6) is 0.513. The summed E-state index contributed by atoms with van der Waals surface area (Å²) in [6.45, 7) is 6.84. The van der Waals surface area contributed by atoms with E-state index in [0.717, 1.165) is 26.1 Å². The largest absolute Gasteiger partial charge is 0.497 e. The molecule has 1 fully saturated rings. The first-order valence-electron chi connectivity index (χ1n) is 6.41. The van der Waals surface area contributed by atoms with Crippen LogP contribution in [-0.4, -0.2) is 32.3 Å². The number of ether oxygens (including phenoxy) is 1. The topological polar surface area (TPSA) is 24.5 Å². The molecule has 1 atom stereocenters. The predicted octanol–water partition coefficient (Wildman–Crippen LogP) is 2.41. The number of hydrogen-bond donors (Lipinski definition) is 1. The quantitative estimate of drug-likeness (QED) is 0.894. The number of nitrogens with one attached hydrogen (secondary N) is 1. The molecule has 0 aromatic heterocycles. The first kappa shape index (κ1) is 13.1. The highest BCUT2D eigenvalue weighted by atomic mass is 19.1. The van der Waals surface area contributed by atoms with E-state index in [0.29, 0.717) is 11.4 Å². The van der Waals surface area contributed by atoms with Crippen LogP contribution in [0, 0.1) is 5.82 Å². The van der Waals surface area contributed by atoms with Gasteiger partial charge in [0.25, 0.3) is 0 Å². The van der Waals surface area contributed by atoms with Gasteiger partial charge in [0.2, 0.25) is 0 Å². The Bertz CT molecular complexity index is 424. The molecule has 4 heteroatoms. The number of anilines is 1. The number of halogens is 1. The summed E-state index contributed by atoms with van der Waals surface area (Å²) in [4.78, 5) is 2.10. The lowest BCUT2D eigenvalue weighted by atomic mass is 9.95. The molecule has 1 aromatic carbocycles. The zero-order valence-corrected chi connectivity index (χ0v) is 11.3. The van der Waals surface area contributed by atoms with Crippen molar-refractivity contribution >= 4 is 5.69 Å². The third kappa shape index (κ3) is 2.58. The Morgan fingerprint density at radius 2 is 2.28 bits per heavy atom. The third-order valence-electron chi connectivity index (χ3n) is 3.75. The van der Waals surface area contributed by atoms with Crippen molar-refractivity contribution in [2.24, 2.45) is 0 Å². The van der Waals surface area contributed by atoms with Gasteiger partial charge in [-0.2, -0.15) is 0 Å². The molecule has 0 saturated carbocycles. The normalized spacial score (nSPS) is 24.1. The highest BCUT2D eigenvalue weighted by molar-refractivity contribution is 5.53. The standard InChI is InChI=1S/C14H21FN2O/c1-4-14(2)10-17(8-7-16-14)13-9-11(18-3)5-6-12(13)15/h5-6,9,16H,4,7-8,10H2,1-3H3. The molecule has 18 heavy (non-hydrogen) atoms. The Morgan fingerprint density at radius 1 is 1.50 bits per heavy atom. The molecule has 2 rings (SSSR count). The fraction of sp³-hybridized carbons (Fsp3) is 0.571. The van der Waals surface area contributed by atoms with Crippen LogP contribution in [0.5, 0.6) is 5.75 Å². The van der Waals surface area contributed by atoms with E-state index in [9.17, 15) is 4.39 Å². The predicted molar refractivity (Wildman–Crippen MR) is 71.9 cm³/mol. The molecule has 100 valence electrons. The van der Waals surface area contributed by atoms with Gasteiger partial charge in [0.15, 0.2) is 0 Å². The van der Waals surface area contributed by atoms with Crippen molar-refractivity contribution in [2.45, 2.75) is 25.8 Å². The number of nitrogens with zero attached hydrogens (tertiary/aromatic N) is 1. The summed E-state index contributed by atoms with van der Waals surface area (Å²) < 4.78 is 19.1. The summed E-state index contributed by atoms with van der Waals surface area (Å²) in [5, 5.41) is 3.50.